The maximum atomic E-state index is 5.82. The molecule has 0 amide bonds. The quantitative estimate of drug-likeness (QED) is 0.618. The first kappa shape index (κ1) is 14.4. The summed E-state index contributed by atoms with van der Waals surface area (Å²) in [4.78, 5) is 6.42. The highest BCUT2D eigenvalue weighted by atomic mass is 15.1. The zero-order valence-electron chi connectivity index (χ0n) is 11.8. The Morgan fingerprint density at radius 3 is 2.78 bits per heavy atom. The molecule has 0 spiro atoms. The van der Waals surface area contributed by atoms with Crippen molar-refractivity contribution in [2.24, 2.45) is 10.7 Å². The van der Waals surface area contributed by atoms with E-state index in [9.17, 15) is 0 Å². The molecule has 0 saturated carbocycles. The molecule has 0 bridgehead atoms. The summed E-state index contributed by atoms with van der Waals surface area (Å²) in [5, 5.41) is 3.15. The fraction of sp³-hybridized carbons (Fsp3) is 0.500. The Balaban J connectivity index is 2.62. The molecule has 1 rings (SSSR count). The molecule has 1 aromatic rings. The number of nitrogens with zero attached hydrogens (tertiary/aromatic N) is 2. The number of nitrogens with one attached hydrogen (secondary N) is 1. The number of aliphatic imine (C=N–C) groups is 1. The van der Waals surface area contributed by atoms with E-state index in [1.807, 2.05) is 20.2 Å². The van der Waals surface area contributed by atoms with Crippen LogP contribution in [0.1, 0.15) is 25.8 Å². The molecule has 4 nitrogen and oxygen atoms in total. The van der Waals surface area contributed by atoms with E-state index in [2.05, 4.69) is 47.3 Å². The number of anilines is 1. The summed E-state index contributed by atoms with van der Waals surface area (Å²) >= 11 is 0. The standard InChI is InChI=1S/C14H24N4/c1-5-11(2)17-14(15)16-10-12-7-6-8-13(9-12)18(3)4/h6-9,11H,5,10H2,1-4H3,(H3,15,16,17). The minimum atomic E-state index is 0.363. The first-order valence-electron chi connectivity index (χ1n) is 6.35. The summed E-state index contributed by atoms with van der Waals surface area (Å²) in [5.41, 5.74) is 8.16. The average molecular weight is 248 g/mol. The largest absolute Gasteiger partial charge is 0.378 e. The van der Waals surface area contributed by atoms with Gasteiger partial charge in [-0.3, -0.25) is 0 Å². The van der Waals surface area contributed by atoms with Crippen molar-refractivity contribution in [3.05, 3.63) is 29.8 Å². The van der Waals surface area contributed by atoms with Crippen LogP contribution in [0.3, 0.4) is 0 Å². The lowest BCUT2D eigenvalue weighted by atomic mass is 10.2. The molecule has 3 N–H and O–H groups in total. The second-order valence-electron chi connectivity index (χ2n) is 4.72. The van der Waals surface area contributed by atoms with Crippen LogP contribution in [0.2, 0.25) is 0 Å². The first-order chi connectivity index (χ1) is 8.52. The molecule has 0 aliphatic carbocycles. The topological polar surface area (TPSA) is 53.6 Å². The van der Waals surface area contributed by atoms with Crippen LogP contribution in [0.5, 0.6) is 0 Å². The molecular weight excluding hydrogens is 224 g/mol. The normalized spacial score (nSPS) is 13.2. The zero-order valence-corrected chi connectivity index (χ0v) is 11.8. The van der Waals surface area contributed by atoms with Gasteiger partial charge in [0.2, 0.25) is 0 Å². The Bertz CT molecular complexity index is 399. The maximum Gasteiger partial charge on any atom is 0.189 e. The summed E-state index contributed by atoms with van der Waals surface area (Å²) in [5.74, 6) is 0.514. The summed E-state index contributed by atoms with van der Waals surface area (Å²) in [6, 6.07) is 8.67. The van der Waals surface area contributed by atoms with Gasteiger partial charge in [0, 0.05) is 25.8 Å². The Kier molecular flexibility index (Phi) is 5.49. The van der Waals surface area contributed by atoms with E-state index in [0.29, 0.717) is 18.5 Å². The highest BCUT2D eigenvalue weighted by Gasteiger charge is 2.00. The molecule has 0 aliphatic rings. The minimum absolute atomic E-state index is 0.363. The number of nitrogens with two attached hydrogens (primary N) is 1. The third-order valence-electron chi connectivity index (χ3n) is 2.87. The lowest BCUT2D eigenvalue weighted by molar-refractivity contribution is 0.636. The van der Waals surface area contributed by atoms with Crippen LogP contribution >= 0.6 is 0 Å². The summed E-state index contributed by atoms with van der Waals surface area (Å²) in [6.45, 7) is 4.82. The molecule has 1 atom stereocenters. The van der Waals surface area contributed by atoms with Gasteiger partial charge in [0.25, 0.3) is 0 Å². The lowest BCUT2D eigenvalue weighted by Crippen LogP contribution is -2.38. The fourth-order valence-electron chi connectivity index (χ4n) is 1.51. The third-order valence-corrected chi connectivity index (χ3v) is 2.87. The average Bonchev–Trinajstić information content (AvgIpc) is 2.36. The fourth-order valence-corrected chi connectivity index (χ4v) is 1.51. The van der Waals surface area contributed by atoms with Crippen LogP contribution in [0.25, 0.3) is 0 Å². The van der Waals surface area contributed by atoms with E-state index in [-0.39, 0.29) is 0 Å². The molecule has 100 valence electrons. The predicted octanol–water partition coefficient (Wildman–Crippen LogP) is 1.96. The second-order valence-corrected chi connectivity index (χ2v) is 4.72. The smallest absolute Gasteiger partial charge is 0.189 e. The van der Waals surface area contributed by atoms with Gasteiger partial charge < -0.3 is 16.0 Å². The monoisotopic (exact) mass is 248 g/mol. The molecule has 1 unspecified atom stereocenters. The predicted molar refractivity (Wildman–Crippen MR) is 79.0 cm³/mol. The van der Waals surface area contributed by atoms with E-state index in [1.54, 1.807) is 0 Å². The Labute approximate surface area is 110 Å². The molecular formula is C14H24N4. The van der Waals surface area contributed by atoms with Crippen molar-refractivity contribution in [1.29, 1.82) is 0 Å². The van der Waals surface area contributed by atoms with Crippen LogP contribution in [0.15, 0.2) is 29.3 Å². The van der Waals surface area contributed by atoms with Gasteiger partial charge in [-0.05, 0) is 31.0 Å². The molecule has 0 heterocycles. The van der Waals surface area contributed by atoms with E-state index in [1.165, 1.54) is 5.69 Å². The van der Waals surface area contributed by atoms with Crippen molar-refractivity contribution < 1.29 is 0 Å². The molecule has 0 fully saturated rings. The number of guanidine groups is 1. The maximum absolute atomic E-state index is 5.82. The number of rotatable bonds is 5. The summed E-state index contributed by atoms with van der Waals surface area (Å²) in [6.07, 6.45) is 1.03. The molecule has 0 aromatic heterocycles. The van der Waals surface area contributed by atoms with Crippen molar-refractivity contribution in [2.75, 3.05) is 19.0 Å². The second kappa shape index (κ2) is 6.89. The van der Waals surface area contributed by atoms with E-state index in [0.717, 1.165) is 12.0 Å². The lowest BCUT2D eigenvalue weighted by Gasteiger charge is -2.14. The zero-order chi connectivity index (χ0) is 13.5. The van der Waals surface area contributed by atoms with Gasteiger partial charge in [-0.25, -0.2) is 4.99 Å². The molecule has 18 heavy (non-hydrogen) atoms. The Morgan fingerprint density at radius 2 is 2.17 bits per heavy atom. The number of benzene rings is 1. The highest BCUT2D eigenvalue weighted by Crippen LogP contribution is 2.13. The van der Waals surface area contributed by atoms with Crippen molar-refractivity contribution in [3.63, 3.8) is 0 Å². The van der Waals surface area contributed by atoms with Gasteiger partial charge in [-0.2, -0.15) is 0 Å². The van der Waals surface area contributed by atoms with Gasteiger partial charge in [-0.15, -0.1) is 0 Å². The SMILES string of the molecule is CCC(C)NC(N)=NCc1cccc(N(C)C)c1. The van der Waals surface area contributed by atoms with Crippen LogP contribution < -0.4 is 16.0 Å². The van der Waals surface area contributed by atoms with Crippen LogP contribution in [-0.2, 0) is 6.54 Å². The van der Waals surface area contributed by atoms with Gasteiger partial charge >= 0.3 is 0 Å². The van der Waals surface area contributed by atoms with Gasteiger partial charge in [0.15, 0.2) is 5.96 Å². The van der Waals surface area contributed by atoms with Crippen LogP contribution in [0.4, 0.5) is 5.69 Å². The number of hydrogen-bond acceptors (Lipinski definition) is 2. The molecule has 0 aliphatic heterocycles. The summed E-state index contributed by atoms with van der Waals surface area (Å²) in [7, 11) is 4.06. The molecule has 4 heteroatoms. The van der Waals surface area contributed by atoms with Crippen LogP contribution in [-0.4, -0.2) is 26.1 Å². The first-order valence-corrected chi connectivity index (χ1v) is 6.35. The van der Waals surface area contributed by atoms with Gasteiger partial charge in [0.05, 0.1) is 6.54 Å². The van der Waals surface area contributed by atoms with Crippen molar-refractivity contribution >= 4 is 11.6 Å². The molecule has 0 saturated heterocycles. The van der Waals surface area contributed by atoms with Crippen LogP contribution in [0, 0.1) is 0 Å². The highest BCUT2D eigenvalue weighted by molar-refractivity contribution is 5.78. The summed E-state index contributed by atoms with van der Waals surface area (Å²) < 4.78 is 0. The van der Waals surface area contributed by atoms with E-state index < -0.39 is 0 Å². The van der Waals surface area contributed by atoms with Crippen molar-refractivity contribution in [1.82, 2.24) is 5.32 Å². The van der Waals surface area contributed by atoms with Crippen molar-refractivity contribution in [3.8, 4) is 0 Å². The molecule has 0 radical (unpaired) electrons. The Hall–Kier alpha value is -1.71. The van der Waals surface area contributed by atoms with E-state index in [4.69, 9.17) is 5.73 Å². The van der Waals surface area contributed by atoms with Crippen molar-refractivity contribution in [2.45, 2.75) is 32.9 Å². The third kappa shape index (κ3) is 4.65. The minimum Gasteiger partial charge on any atom is -0.378 e. The van der Waals surface area contributed by atoms with Gasteiger partial charge in [-0.1, -0.05) is 19.1 Å². The van der Waals surface area contributed by atoms with E-state index >= 15 is 0 Å². The van der Waals surface area contributed by atoms with Gasteiger partial charge in [0.1, 0.15) is 0 Å². The Morgan fingerprint density at radius 1 is 1.44 bits per heavy atom. The number of hydrogen-bond donors (Lipinski definition) is 2. The molecule has 1 aromatic carbocycles.